The van der Waals surface area contributed by atoms with Crippen molar-refractivity contribution in [1.29, 1.82) is 0 Å². The smallest absolute Gasteiger partial charge is 0.438 e. The second-order valence-electron chi connectivity index (χ2n) is 7.89. The van der Waals surface area contributed by atoms with Crippen LogP contribution in [0, 0.1) is 5.41 Å². The summed E-state index contributed by atoms with van der Waals surface area (Å²) < 4.78 is 179. The van der Waals surface area contributed by atoms with E-state index in [2.05, 4.69) is 9.47 Å². The minimum atomic E-state index is -7.79. The first kappa shape index (κ1) is 32.0. The van der Waals surface area contributed by atoms with Crippen LogP contribution in [0.25, 0.3) is 0 Å². The summed E-state index contributed by atoms with van der Waals surface area (Å²) in [5.41, 5.74) is -9.20. The van der Waals surface area contributed by atoms with Crippen LogP contribution in [0.5, 0.6) is 0 Å². The van der Waals surface area contributed by atoms with Gasteiger partial charge in [0.15, 0.2) is 0 Å². The Kier molecular flexibility index (Phi) is 9.03. The summed E-state index contributed by atoms with van der Waals surface area (Å²) in [6.07, 6.45) is -21.4. The van der Waals surface area contributed by atoms with Crippen LogP contribution in [0.15, 0.2) is 0 Å². The molecule has 0 spiro atoms. The lowest BCUT2D eigenvalue weighted by Crippen LogP contribution is -2.70. The Bertz CT molecular complexity index is 721. The van der Waals surface area contributed by atoms with Gasteiger partial charge >= 0.3 is 47.7 Å². The van der Waals surface area contributed by atoms with E-state index in [1.54, 1.807) is 0 Å². The molecule has 1 unspecified atom stereocenters. The van der Waals surface area contributed by atoms with Gasteiger partial charge in [-0.05, 0) is 20.3 Å². The Morgan fingerprint density at radius 2 is 1.15 bits per heavy atom. The van der Waals surface area contributed by atoms with Gasteiger partial charge in [-0.3, -0.25) is 4.79 Å². The summed E-state index contributed by atoms with van der Waals surface area (Å²) in [5.74, 6) is -22.7. The highest BCUT2D eigenvalue weighted by molar-refractivity contribution is 5.77. The highest BCUT2D eigenvalue weighted by atomic mass is 19.4. The summed E-state index contributed by atoms with van der Waals surface area (Å²) in [6.45, 7) is 1.87. The Balaban J connectivity index is 6.28. The van der Waals surface area contributed by atoms with Crippen molar-refractivity contribution in [1.82, 2.24) is 0 Å². The Morgan fingerprint density at radius 3 is 1.47 bits per heavy atom. The molecular formula is C17H19F13O4. The van der Waals surface area contributed by atoms with Crippen molar-refractivity contribution >= 4 is 11.9 Å². The van der Waals surface area contributed by atoms with Crippen molar-refractivity contribution in [2.75, 3.05) is 6.61 Å². The molecule has 0 saturated heterocycles. The highest BCUT2D eigenvalue weighted by Gasteiger charge is 2.90. The predicted octanol–water partition coefficient (Wildman–Crippen LogP) is 6.03. The molecule has 0 rings (SSSR count). The number of alkyl halides is 13. The van der Waals surface area contributed by atoms with Gasteiger partial charge < -0.3 is 9.47 Å². The minimum Gasteiger partial charge on any atom is -0.461 e. The maximum atomic E-state index is 14.1. The Morgan fingerprint density at radius 1 is 0.735 bits per heavy atom. The van der Waals surface area contributed by atoms with Crippen molar-refractivity contribution < 1.29 is 76.1 Å². The molecule has 0 aromatic rings. The first-order valence-corrected chi connectivity index (χ1v) is 9.03. The zero-order chi connectivity index (χ0) is 27.8. The van der Waals surface area contributed by atoms with Gasteiger partial charge in [0, 0.05) is 6.92 Å². The van der Waals surface area contributed by atoms with Crippen LogP contribution in [0.1, 0.15) is 40.5 Å². The van der Waals surface area contributed by atoms with E-state index in [4.69, 9.17) is 0 Å². The molecule has 0 N–H and O–H groups in total. The normalized spacial score (nSPS) is 15.7. The lowest BCUT2D eigenvalue weighted by molar-refractivity contribution is -0.428. The molecular weight excluding hydrogens is 515 g/mol. The molecule has 0 amide bonds. The molecule has 1 atom stereocenters. The van der Waals surface area contributed by atoms with Crippen molar-refractivity contribution in [2.45, 2.75) is 82.4 Å². The van der Waals surface area contributed by atoms with Gasteiger partial charge in [0.2, 0.25) is 0 Å². The summed E-state index contributed by atoms with van der Waals surface area (Å²) in [4.78, 5) is 23.1. The van der Waals surface area contributed by atoms with Crippen molar-refractivity contribution in [3.8, 4) is 0 Å². The molecule has 34 heavy (non-hydrogen) atoms. The lowest BCUT2D eigenvalue weighted by atomic mass is 9.88. The fourth-order valence-corrected chi connectivity index (χ4v) is 2.08. The zero-order valence-corrected chi connectivity index (χ0v) is 17.7. The highest BCUT2D eigenvalue weighted by Crippen LogP contribution is 2.60. The number of ether oxygens (including phenoxy) is 2. The van der Waals surface area contributed by atoms with Gasteiger partial charge in [-0.1, -0.05) is 6.92 Å². The molecule has 0 aliphatic rings. The van der Waals surface area contributed by atoms with E-state index in [0.717, 1.165) is 0 Å². The molecule has 0 aromatic heterocycles. The number of halogens is 13. The molecule has 0 aliphatic carbocycles. The largest absolute Gasteiger partial charge is 0.461 e. The lowest BCUT2D eigenvalue weighted by Gasteiger charge is -2.40. The summed E-state index contributed by atoms with van der Waals surface area (Å²) >= 11 is 0. The van der Waals surface area contributed by atoms with Gasteiger partial charge in [-0.15, -0.1) is 0 Å². The van der Waals surface area contributed by atoms with Gasteiger partial charge in [0.05, 0.1) is 11.8 Å². The van der Waals surface area contributed by atoms with Gasteiger partial charge in [0.1, 0.15) is 12.7 Å². The number of hydrogen-bond acceptors (Lipinski definition) is 4. The van der Waals surface area contributed by atoms with Crippen LogP contribution in [-0.2, 0) is 19.1 Å². The van der Waals surface area contributed by atoms with Crippen molar-refractivity contribution in [3.05, 3.63) is 0 Å². The van der Waals surface area contributed by atoms with Crippen LogP contribution in [0.3, 0.4) is 0 Å². The molecule has 0 aromatic carbocycles. The molecule has 0 aliphatic heterocycles. The summed E-state index contributed by atoms with van der Waals surface area (Å²) in [5, 5.41) is 0. The Hall–Kier alpha value is -1.97. The molecule has 202 valence electrons. The molecule has 0 bridgehead atoms. The zero-order valence-electron chi connectivity index (χ0n) is 17.7. The molecule has 4 nitrogen and oxygen atoms in total. The molecule has 17 heteroatoms. The Labute approximate surface area is 183 Å². The fourth-order valence-electron chi connectivity index (χ4n) is 2.08. The number of hydrogen-bond donors (Lipinski definition) is 0. The maximum absolute atomic E-state index is 14.1. The third-order valence-electron chi connectivity index (χ3n) is 4.63. The van der Waals surface area contributed by atoms with Crippen LogP contribution in [-0.4, -0.2) is 60.4 Å². The van der Waals surface area contributed by atoms with Gasteiger partial charge in [-0.2, -0.15) is 52.7 Å². The molecule has 0 saturated carbocycles. The van der Waals surface area contributed by atoms with E-state index in [9.17, 15) is 66.7 Å². The second kappa shape index (κ2) is 9.59. The standard InChI is InChI=1S/C17H19F13O4/c1-5-11(2,3)9(31)33-7-8(34-10(32)12(4,18)19)6-13(20,21)15(23,24)14(22,16(25,26)27)17(28,29)30/h8H,5-7H2,1-4H3. The van der Waals surface area contributed by atoms with Gasteiger partial charge in [-0.25, -0.2) is 9.18 Å². The first-order chi connectivity index (χ1) is 14.7. The minimum absolute atomic E-state index is 0.000907. The van der Waals surface area contributed by atoms with Crippen LogP contribution in [0.2, 0.25) is 0 Å². The van der Waals surface area contributed by atoms with E-state index in [1.807, 2.05) is 0 Å². The quantitative estimate of drug-likeness (QED) is 0.254. The summed E-state index contributed by atoms with van der Waals surface area (Å²) in [6, 6.07) is 0. The van der Waals surface area contributed by atoms with Crippen molar-refractivity contribution in [2.24, 2.45) is 5.41 Å². The number of carbonyl (C=O) groups excluding carboxylic acids is 2. The van der Waals surface area contributed by atoms with E-state index >= 15 is 0 Å². The van der Waals surface area contributed by atoms with E-state index in [0.29, 0.717) is 0 Å². The monoisotopic (exact) mass is 534 g/mol. The van der Waals surface area contributed by atoms with Crippen LogP contribution in [0.4, 0.5) is 57.1 Å². The SMILES string of the molecule is CCC(C)(C)C(=O)OCC(CC(F)(F)C(F)(F)C(F)(C(F)(F)F)C(F)(F)F)OC(=O)C(C)(F)F. The third-order valence-corrected chi connectivity index (χ3v) is 4.63. The van der Waals surface area contributed by atoms with Crippen molar-refractivity contribution in [3.63, 3.8) is 0 Å². The third kappa shape index (κ3) is 6.37. The van der Waals surface area contributed by atoms with Gasteiger partial charge in [0.25, 0.3) is 0 Å². The van der Waals surface area contributed by atoms with E-state index < -0.39 is 72.3 Å². The van der Waals surface area contributed by atoms with Crippen LogP contribution >= 0.6 is 0 Å². The topological polar surface area (TPSA) is 52.6 Å². The fraction of sp³-hybridized carbons (Fsp3) is 0.882. The van der Waals surface area contributed by atoms with E-state index in [-0.39, 0.29) is 13.3 Å². The average Bonchev–Trinajstić information content (AvgIpc) is 2.61. The second-order valence-corrected chi connectivity index (χ2v) is 7.89. The maximum Gasteiger partial charge on any atom is 0.438 e. The van der Waals surface area contributed by atoms with Crippen LogP contribution < -0.4 is 0 Å². The van der Waals surface area contributed by atoms with E-state index in [1.165, 1.54) is 20.8 Å². The molecule has 0 fully saturated rings. The number of rotatable bonds is 10. The predicted molar refractivity (Wildman–Crippen MR) is 86.0 cm³/mol. The average molecular weight is 534 g/mol. The molecule has 0 radical (unpaired) electrons. The summed E-state index contributed by atoms with van der Waals surface area (Å²) in [7, 11) is 0. The molecule has 0 heterocycles. The number of esters is 2. The number of carbonyl (C=O) groups is 2. The first-order valence-electron chi connectivity index (χ1n) is 9.03.